The number of aromatic amines is 1. The minimum atomic E-state index is -0.649. The van der Waals surface area contributed by atoms with Gasteiger partial charge in [-0.2, -0.15) is 4.98 Å². The molecule has 3 heterocycles. The fourth-order valence-electron chi connectivity index (χ4n) is 3.12. The number of nitrogens with zero attached hydrogens (tertiary/aromatic N) is 2. The van der Waals surface area contributed by atoms with Gasteiger partial charge in [-0.25, -0.2) is 9.59 Å². The molecule has 0 atom stereocenters. The molecular formula is C16H21N3O5. The monoisotopic (exact) mass is 335 g/mol. The van der Waals surface area contributed by atoms with Gasteiger partial charge in [-0.3, -0.25) is 4.79 Å². The van der Waals surface area contributed by atoms with Crippen molar-refractivity contribution in [2.45, 2.75) is 38.7 Å². The van der Waals surface area contributed by atoms with Gasteiger partial charge >= 0.3 is 11.8 Å². The lowest BCUT2D eigenvalue weighted by atomic mass is 9.92. The van der Waals surface area contributed by atoms with Gasteiger partial charge < -0.3 is 19.4 Å². The SMILES string of the molecule is CC(C)Cc1cc(C(=O)N2CCC3(CC2)COC(=O)O3)nc(=O)[nH]1. The Balaban J connectivity index is 1.70. The Labute approximate surface area is 139 Å². The molecule has 24 heavy (non-hydrogen) atoms. The molecule has 0 bridgehead atoms. The Hall–Kier alpha value is -2.38. The highest BCUT2D eigenvalue weighted by Crippen LogP contribution is 2.31. The number of ether oxygens (including phenoxy) is 2. The molecule has 0 unspecified atom stereocenters. The van der Waals surface area contributed by atoms with Crippen LogP contribution < -0.4 is 5.69 Å². The van der Waals surface area contributed by atoms with Crippen molar-refractivity contribution in [3.63, 3.8) is 0 Å². The van der Waals surface area contributed by atoms with E-state index in [2.05, 4.69) is 9.97 Å². The Kier molecular flexibility index (Phi) is 4.29. The maximum atomic E-state index is 12.6. The van der Waals surface area contributed by atoms with Gasteiger partial charge in [0.2, 0.25) is 0 Å². The van der Waals surface area contributed by atoms with Gasteiger partial charge in [-0.15, -0.1) is 0 Å². The molecule has 2 saturated heterocycles. The van der Waals surface area contributed by atoms with Gasteiger partial charge in [-0.1, -0.05) is 13.8 Å². The Bertz CT molecular complexity index is 704. The van der Waals surface area contributed by atoms with Crippen molar-refractivity contribution in [1.82, 2.24) is 14.9 Å². The van der Waals surface area contributed by atoms with E-state index in [-0.39, 0.29) is 18.2 Å². The average molecular weight is 335 g/mol. The summed E-state index contributed by atoms with van der Waals surface area (Å²) in [6, 6.07) is 1.65. The quantitative estimate of drug-likeness (QED) is 0.830. The summed E-state index contributed by atoms with van der Waals surface area (Å²) in [5, 5.41) is 0. The first-order valence-corrected chi connectivity index (χ1v) is 8.12. The summed E-state index contributed by atoms with van der Waals surface area (Å²) < 4.78 is 10.1. The lowest BCUT2D eigenvalue weighted by Crippen LogP contribution is -2.48. The summed E-state index contributed by atoms with van der Waals surface area (Å²) in [6.45, 7) is 5.17. The fourth-order valence-corrected chi connectivity index (χ4v) is 3.12. The number of likely N-dealkylation sites (tertiary alicyclic amines) is 1. The number of hydrogen-bond donors (Lipinski definition) is 1. The summed E-state index contributed by atoms with van der Waals surface area (Å²) in [7, 11) is 0. The molecule has 8 nitrogen and oxygen atoms in total. The molecule has 0 saturated carbocycles. The van der Waals surface area contributed by atoms with Crippen molar-refractivity contribution >= 4 is 12.1 Å². The predicted molar refractivity (Wildman–Crippen MR) is 83.7 cm³/mol. The zero-order chi connectivity index (χ0) is 17.3. The van der Waals surface area contributed by atoms with Crippen LogP contribution in [-0.4, -0.2) is 52.2 Å². The molecule has 2 aliphatic rings. The molecule has 0 aromatic carbocycles. The van der Waals surface area contributed by atoms with E-state index in [0.29, 0.717) is 44.0 Å². The van der Waals surface area contributed by atoms with Crippen LogP contribution >= 0.6 is 0 Å². The van der Waals surface area contributed by atoms with E-state index in [4.69, 9.17) is 9.47 Å². The highest BCUT2D eigenvalue weighted by molar-refractivity contribution is 5.92. The molecule has 130 valence electrons. The third kappa shape index (κ3) is 3.42. The third-order valence-electron chi connectivity index (χ3n) is 4.36. The maximum absolute atomic E-state index is 12.6. The first-order valence-electron chi connectivity index (χ1n) is 8.12. The van der Waals surface area contributed by atoms with Crippen LogP contribution in [0.1, 0.15) is 42.9 Å². The highest BCUT2D eigenvalue weighted by Gasteiger charge is 2.45. The fraction of sp³-hybridized carbons (Fsp3) is 0.625. The lowest BCUT2D eigenvalue weighted by Gasteiger charge is -2.36. The van der Waals surface area contributed by atoms with Crippen molar-refractivity contribution in [3.8, 4) is 0 Å². The Morgan fingerprint density at radius 2 is 2.08 bits per heavy atom. The second kappa shape index (κ2) is 6.26. The summed E-state index contributed by atoms with van der Waals surface area (Å²) in [5.74, 6) is 0.0871. The molecule has 2 aliphatic heterocycles. The molecule has 1 spiro atoms. The molecule has 1 aromatic heterocycles. The number of hydrogen-bond acceptors (Lipinski definition) is 6. The predicted octanol–water partition coefficient (Wildman–Crippen LogP) is 1.11. The number of carbonyl (C=O) groups excluding carboxylic acids is 2. The van der Waals surface area contributed by atoms with Crippen LogP contribution in [0.3, 0.4) is 0 Å². The molecule has 3 rings (SSSR count). The van der Waals surface area contributed by atoms with Gasteiger partial charge in [0.25, 0.3) is 5.91 Å². The number of carbonyl (C=O) groups is 2. The molecule has 1 N–H and O–H groups in total. The van der Waals surface area contributed by atoms with Crippen molar-refractivity contribution in [1.29, 1.82) is 0 Å². The smallest absolute Gasteiger partial charge is 0.430 e. The first-order chi connectivity index (χ1) is 11.4. The number of rotatable bonds is 3. The van der Waals surface area contributed by atoms with Crippen LogP contribution in [0.2, 0.25) is 0 Å². The van der Waals surface area contributed by atoms with Gasteiger partial charge in [0.1, 0.15) is 12.3 Å². The van der Waals surface area contributed by atoms with Gasteiger partial charge in [0.15, 0.2) is 5.60 Å². The van der Waals surface area contributed by atoms with E-state index in [1.54, 1.807) is 11.0 Å². The minimum Gasteiger partial charge on any atom is -0.430 e. The van der Waals surface area contributed by atoms with Crippen LogP contribution in [0.15, 0.2) is 10.9 Å². The molecule has 1 aromatic rings. The summed E-state index contributed by atoms with van der Waals surface area (Å²) in [4.78, 5) is 43.6. The summed E-state index contributed by atoms with van der Waals surface area (Å²) >= 11 is 0. The zero-order valence-electron chi connectivity index (χ0n) is 13.8. The van der Waals surface area contributed by atoms with E-state index in [0.717, 1.165) is 0 Å². The van der Waals surface area contributed by atoms with E-state index >= 15 is 0 Å². The first kappa shape index (κ1) is 16.5. The van der Waals surface area contributed by atoms with E-state index in [1.165, 1.54) is 0 Å². The van der Waals surface area contributed by atoms with Crippen LogP contribution in [0, 0.1) is 5.92 Å². The number of amides is 1. The van der Waals surface area contributed by atoms with Gasteiger partial charge in [0, 0.05) is 31.6 Å². The van der Waals surface area contributed by atoms with Gasteiger partial charge in [0.05, 0.1) is 0 Å². The molecule has 8 heteroatoms. The van der Waals surface area contributed by atoms with Gasteiger partial charge in [-0.05, 0) is 18.4 Å². The summed E-state index contributed by atoms with van der Waals surface area (Å²) in [5.41, 5.74) is -0.258. The largest absolute Gasteiger partial charge is 0.509 e. The van der Waals surface area contributed by atoms with E-state index in [9.17, 15) is 14.4 Å². The minimum absolute atomic E-state index is 0.157. The molecule has 0 radical (unpaired) electrons. The number of aromatic nitrogens is 2. The van der Waals surface area contributed by atoms with E-state index < -0.39 is 17.4 Å². The van der Waals surface area contributed by atoms with Crippen molar-refractivity contribution < 1.29 is 19.1 Å². The number of cyclic esters (lactones) is 1. The summed E-state index contributed by atoms with van der Waals surface area (Å²) in [6.07, 6.45) is 1.07. The number of nitrogens with one attached hydrogen (secondary N) is 1. The number of H-pyrrole nitrogens is 1. The van der Waals surface area contributed by atoms with Crippen molar-refractivity contribution in [3.05, 3.63) is 27.9 Å². The Morgan fingerprint density at radius 1 is 1.38 bits per heavy atom. The molecule has 2 fully saturated rings. The molecular weight excluding hydrogens is 314 g/mol. The van der Waals surface area contributed by atoms with E-state index in [1.807, 2.05) is 13.8 Å². The Morgan fingerprint density at radius 3 is 2.67 bits per heavy atom. The maximum Gasteiger partial charge on any atom is 0.509 e. The highest BCUT2D eigenvalue weighted by atomic mass is 16.8. The van der Waals surface area contributed by atoms with Crippen LogP contribution in [0.25, 0.3) is 0 Å². The topological polar surface area (TPSA) is 102 Å². The second-order valence-corrected chi connectivity index (χ2v) is 6.81. The normalized spacial score (nSPS) is 19.5. The average Bonchev–Trinajstić information content (AvgIpc) is 2.87. The zero-order valence-corrected chi connectivity index (χ0v) is 13.8. The lowest BCUT2D eigenvalue weighted by molar-refractivity contribution is 0.00262. The standard InChI is InChI=1S/C16H21N3O5/c1-10(2)7-11-8-12(18-14(21)17-11)13(20)19-5-3-16(4-6-19)9-23-15(22)24-16/h8,10H,3-7,9H2,1-2H3,(H,17,18,21). The van der Waals surface area contributed by atoms with Crippen LogP contribution in [0.4, 0.5) is 4.79 Å². The molecule has 1 amide bonds. The van der Waals surface area contributed by atoms with Crippen LogP contribution in [0.5, 0.6) is 0 Å². The third-order valence-corrected chi connectivity index (χ3v) is 4.36. The van der Waals surface area contributed by atoms with Crippen molar-refractivity contribution in [2.75, 3.05) is 19.7 Å². The van der Waals surface area contributed by atoms with Crippen molar-refractivity contribution in [2.24, 2.45) is 5.92 Å². The number of piperidine rings is 1. The molecule has 0 aliphatic carbocycles. The second-order valence-electron chi connectivity index (χ2n) is 6.81. The van der Waals surface area contributed by atoms with Crippen LogP contribution in [-0.2, 0) is 15.9 Å².